The average Bonchev–Trinajstić information content (AvgIpc) is 1.98. The Hall–Kier alpha value is -0.890. The maximum atomic E-state index is 13.1. The summed E-state index contributed by atoms with van der Waals surface area (Å²) in [6.45, 7) is 1.85. The van der Waals surface area contributed by atoms with E-state index < -0.39 is 6.10 Å². The summed E-state index contributed by atoms with van der Waals surface area (Å²) in [5.74, 6) is 0.0922. The van der Waals surface area contributed by atoms with Crippen molar-refractivity contribution in [1.82, 2.24) is 0 Å². The van der Waals surface area contributed by atoms with Crippen LogP contribution in [-0.2, 0) is 0 Å². The summed E-state index contributed by atoms with van der Waals surface area (Å²) in [6, 6.07) is 4.79. The standard InChI is InChI=1S/C12H15FO/c1-8-5-10(7-11(13)6-8)12(14)9-3-2-4-9/h5-7,9,12,14H,2-4H2,1H3. The van der Waals surface area contributed by atoms with E-state index in [0.717, 1.165) is 24.0 Å². The van der Waals surface area contributed by atoms with Gasteiger partial charge in [0.25, 0.3) is 0 Å². The van der Waals surface area contributed by atoms with Crippen LogP contribution in [0.1, 0.15) is 36.5 Å². The zero-order valence-corrected chi connectivity index (χ0v) is 8.33. The van der Waals surface area contributed by atoms with E-state index in [1.807, 2.05) is 13.0 Å². The van der Waals surface area contributed by atoms with E-state index in [-0.39, 0.29) is 5.82 Å². The Labute approximate surface area is 83.6 Å². The summed E-state index contributed by atoms with van der Waals surface area (Å²) >= 11 is 0. The second kappa shape index (κ2) is 3.70. The normalized spacial score (nSPS) is 19.1. The van der Waals surface area contributed by atoms with E-state index in [9.17, 15) is 9.50 Å². The molecule has 0 saturated heterocycles. The molecule has 1 aromatic rings. The third kappa shape index (κ3) is 1.80. The fourth-order valence-electron chi connectivity index (χ4n) is 1.96. The minimum Gasteiger partial charge on any atom is -0.388 e. The summed E-state index contributed by atoms with van der Waals surface area (Å²) in [6.07, 6.45) is 2.85. The molecule has 1 nitrogen and oxygen atoms in total. The number of aliphatic hydroxyl groups is 1. The number of aryl methyl sites for hydroxylation is 1. The van der Waals surface area contributed by atoms with Crippen molar-refractivity contribution < 1.29 is 9.50 Å². The van der Waals surface area contributed by atoms with E-state index in [0.29, 0.717) is 5.92 Å². The van der Waals surface area contributed by atoms with Crippen molar-refractivity contribution in [3.63, 3.8) is 0 Å². The van der Waals surface area contributed by atoms with Crippen LogP contribution in [0.3, 0.4) is 0 Å². The lowest BCUT2D eigenvalue weighted by Gasteiger charge is -2.30. The minimum absolute atomic E-state index is 0.252. The Kier molecular flexibility index (Phi) is 2.55. The quantitative estimate of drug-likeness (QED) is 0.767. The molecule has 0 bridgehead atoms. The van der Waals surface area contributed by atoms with E-state index in [1.165, 1.54) is 18.6 Å². The monoisotopic (exact) mass is 194 g/mol. The first-order valence-corrected chi connectivity index (χ1v) is 5.12. The van der Waals surface area contributed by atoms with Crippen molar-refractivity contribution >= 4 is 0 Å². The van der Waals surface area contributed by atoms with Crippen LogP contribution in [0.5, 0.6) is 0 Å². The van der Waals surface area contributed by atoms with E-state index in [4.69, 9.17) is 0 Å². The SMILES string of the molecule is Cc1cc(F)cc(C(O)C2CCC2)c1. The molecule has 1 aliphatic carbocycles. The van der Waals surface area contributed by atoms with Gasteiger partial charge in [-0.05, 0) is 48.9 Å². The first-order valence-electron chi connectivity index (χ1n) is 5.12. The lowest BCUT2D eigenvalue weighted by molar-refractivity contribution is 0.0618. The lowest BCUT2D eigenvalue weighted by Crippen LogP contribution is -2.20. The zero-order chi connectivity index (χ0) is 10.1. The molecule has 0 amide bonds. The summed E-state index contributed by atoms with van der Waals surface area (Å²) in [5.41, 5.74) is 1.60. The maximum absolute atomic E-state index is 13.1. The summed E-state index contributed by atoms with van der Waals surface area (Å²) in [5, 5.41) is 9.92. The molecule has 0 heterocycles. The van der Waals surface area contributed by atoms with Crippen LogP contribution in [0.4, 0.5) is 4.39 Å². The second-order valence-corrected chi connectivity index (χ2v) is 4.20. The fourth-order valence-corrected chi connectivity index (χ4v) is 1.96. The predicted molar refractivity (Wildman–Crippen MR) is 53.4 cm³/mol. The van der Waals surface area contributed by atoms with Gasteiger partial charge in [-0.3, -0.25) is 0 Å². The molecule has 0 aromatic heterocycles. The molecule has 1 atom stereocenters. The van der Waals surface area contributed by atoms with Crippen molar-refractivity contribution in [2.24, 2.45) is 5.92 Å². The topological polar surface area (TPSA) is 20.2 Å². The Morgan fingerprint density at radius 2 is 2.07 bits per heavy atom. The van der Waals surface area contributed by atoms with E-state index in [1.54, 1.807) is 0 Å². The van der Waals surface area contributed by atoms with Crippen LogP contribution >= 0.6 is 0 Å². The van der Waals surface area contributed by atoms with Crippen molar-refractivity contribution in [1.29, 1.82) is 0 Å². The molecule has 1 aromatic carbocycles. The van der Waals surface area contributed by atoms with Crippen LogP contribution in [0.25, 0.3) is 0 Å². The molecule has 0 aliphatic heterocycles. The maximum Gasteiger partial charge on any atom is 0.123 e. The second-order valence-electron chi connectivity index (χ2n) is 4.20. The van der Waals surface area contributed by atoms with E-state index >= 15 is 0 Å². The number of halogens is 1. The molecule has 0 radical (unpaired) electrons. The third-order valence-electron chi connectivity index (χ3n) is 3.00. The summed E-state index contributed by atoms with van der Waals surface area (Å²) in [4.78, 5) is 0. The lowest BCUT2D eigenvalue weighted by atomic mass is 9.78. The van der Waals surface area contributed by atoms with Gasteiger partial charge in [0, 0.05) is 0 Å². The van der Waals surface area contributed by atoms with Crippen LogP contribution in [-0.4, -0.2) is 5.11 Å². The highest BCUT2D eigenvalue weighted by atomic mass is 19.1. The first kappa shape index (κ1) is 9.66. The van der Waals surface area contributed by atoms with Gasteiger partial charge in [0.15, 0.2) is 0 Å². The van der Waals surface area contributed by atoms with Crippen molar-refractivity contribution in [2.75, 3.05) is 0 Å². The van der Waals surface area contributed by atoms with Gasteiger partial charge in [-0.25, -0.2) is 4.39 Å². The molecule has 1 saturated carbocycles. The molecular formula is C12H15FO. The first-order chi connectivity index (χ1) is 6.66. The highest BCUT2D eigenvalue weighted by molar-refractivity contribution is 5.26. The number of aliphatic hydroxyl groups excluding tert-OH is 1. The largest absolute Gasteiger partial charge is 0.388 e. The Morgan fingerprint density at radius 3 is 2.57 bits per heavy atom. The highest BCUT2D eigenvalue weighted by Crippen LogP contribution is 2.37. The minimum atomic E-state index is -0.474. The number of rotatable bonds is 2. The van der Waals surface area contributed by atoms with Gasteiger partial charge in [-0.1, -0.05) is 12.5 Å². The van der Waals surface area contributed by atoms with Gasteiger partial charge < -0.3 is 5.11 Å². The zero-order valence-electron chi connectivity index (χ0n) is 8.33. The van der Waals surface area contributed by atoms with Gasteiger partial charge in [-0.15, -0.1) is 0 Å². The van der Waals surface area contributed by atoms with Gasteiger partial charge in [-0.2, -0.15) is 0 Å². The van der Waals surface area contributed by atoms with Crippen LogP contribution in [0.2, 0.25) is 0 Å². The molecule has 2 heteroatoms. The molecule has 2 rings (SSSR count). The number of hydrogen-bond donors (Lipinski definition) is 1. The van der Waals surface area contributed by atoms with Gasteiger partial charge >= 0.3 is 0 Å². The molecule has 0 spiro atoms. The molecular weight excluding hydrogens is 179 g/mol. The number of benzene rings is 1. The van der Waals surface area contributed by atoms with Crippen LogP contribution in [0, 0.1) is 18.7 Å². The molecule has 1 aliphatic rings. The molecule has 14 heavy (non-hydrogen) atoms. The third-order valence-corrected chi connectivity index (χ3v) is 3.00. The van der Waals surface area contributed by atoms with Crippen LogP contribution in [0.15, 0.2) is 18.2 Å². The molecule has 1 N–H and O–H groups in total. The highest BCUT2D eigenvalue weighted by Gasteiger charge is 2.26. The average molecular weight is 194 g/mol. The number of hydrogen-bond acceptors (Lipinski definition) is 1. The van der Waals surface area contributed by atoms with Gasteiger partial charge in [0.1, 0.15) is 5.82 Å². The Morgan fingerprint density at radius 1 is 1.36 bits per heavy atom. The fraction of sp³-hybridized carbons (Fsp3) is 0.500. The van der Waals surface area contributed by atoms with E-state index in [2.05, 4.69) is 0 Å². The van der Waals surface area contributed by atoms with Gasteiger partial charge in [0.05, 0.1) is 6.10 Å². The van der Waals surface area contributed by atoms with Crippen molar-refractivity contribution in [3.8, 4) is 0 Å². The molecule has 76 valence electrons. The predicted octanol–water partition coefficient (Wildman–Crippen LogP) is 2.97. The summed E-state index contributed by atoms with van der Waals surface area (Å²) < 4.78 is 13.1. The molecule has 1 unspecified atom stereocenters. The Balaban J connectivity index is 2.21. The van der Waals surface area contributed by atoms with Crippen molar-refractivity contribution in [2.45, 2.75) is 32.3 Å². The Bertz CT molecular complexity index is 311. The smallest absolute Gasteiger partial charge is 0.123 e. The summed E-state index contributed by atoms with van der Waals surface area (Å²) in [7, 11) is 0. The van der Waals surface area contributed by atoms with Crippen LogP contribution < -0.4 is 0 Å². The van der Waals surface area contributed by atoms with Gasteiger partial charge in [0.2, 0.25) is 0 Å². The van der Waals surface area contributed by atoms with Crippen molar-refractivity contribution in [3.05, 3.63) is 35.1 Å². The molecule has 1 fully saturated rings.